The molecule has 9 heteroatoms. The first-order valence-electron chi connectivity index (χ1n) is 12.8. The van der Waals surface area contributed by atoms with E-state index in [2.05, 4.69) is 5.32 Å². The van der Waals surface area contributed by atoms with Crippen LogP contribution in [0.4, 0.5) is 10.5 Å². The number of anilines is 1. The number of benzene rings is 1. The Hall–Kier alpha value is -2.81. The SMILES string of the molecule is CCCOCCN1C(=O)C(C)(C)Oc2cc(C)c(C(=O)N[C@@H]3CCCN(C(=O)OC(C)(C)C)C3)cc21. The molecule has 2 heterocycles. The third-order valence-electron chi connectivity index (χ3n) is 6.18. The quantitative estimate of drug-likeness (QED) is 0.564. The fourth-order valence-corrected chi connectivity index (χ4v) is 4.43. The first-order valence-corrected chi connectivity index (χ1v) is 12.8. The van der Waals surface area contributed by atoms with Crippen LogP contribution >= 0.6 is 0 Å². The van der Waals surface area contributed by atoms with Gasteiger partial charge in [-0.3, -0.25) is 9.59 Å². The van der Waals surface area contributed by atoms with Crippen LogP contribution < -0.4 is 15.0 Å². The smallest absolute Gasteiger partial charge is 0.410 e. The van der Waals surface area contributed by atoms with Gasteiger partial charge in [-0.2, -0.15) is 0 Å². The molecule has 1 saturated heterocycles. The van der Waals surface area contributed by atoms with E-state index in [0.717, 1.165) is 24.8 Å². The molecule has 1 atom stereocenters. The summed E-state index contributed by atoms with van der Waals surface area (Å²) >= 11 is 0. The molecule has 3 amide bonds. The summed E-state index contributed by atoms with van der Waals surface area (Å²) in [6.45, 7) is 15.3. The molecule has 1 aromatic carbocycles. The molecule has 0 aliphatic carbocycles. The fourth-order valence-electron chi connectivity index (χ4n) is 4.43. The second-order valence-corrected chi connectivity index (χ2v) is 11.1. The number of hydrogen-bond donors (Lipinski definition) is 1. The third-order valence-corrected chi connectivity index (χ3v) is 6.18. The van der Waals surface area contributed by atoms with E-state index in [1.807, 2.05) is 40.7 Å². The maximum absolute atomic E-state index is 13.3. The summed E-state index contributed by atoms with van der Waals surface area (Å²) in [5.74, 6) is 0.148. The number of piperidine rings is 1. The normalized spacial score (nSPS) is 19.4. The predicted octanol–water partition coefficient (Wildman–Crippen LogP) is 4.05. The largest absolute Gasteiger partial charge is 0.476 e. The van der Waals surface area contributed by atoms with Gasteiger partial charge in [0.2, 0.25) is 0 Å². The molecule has 36 heavy (non-hydrogen) atoms. The van der Waals surface area contributed by atoms with Gasteiger partial charge in [-0.05, 0) is 78.5 Å². The zero-order chi connectivity index (χ0) is 26.7. The topological polar surface area (TPSA) is 97.4 Å². The lowest BCUT2D eigenvalue weighted by Crippen LogP contribution is -2.53. The maximum Gasteiger partial charge on any atom is 0.410 e. The van der Waals surface area contributed by atoms with E-state index in [4.69, 9.17) is 14.2 Å². The Balaban J connectivity index is 1.77. The van der Waals surface area contributed by atoms with Crippen molar-refractivity contribution < 1.29 is 28.6 Å². The summed E-state index contributed by atoms with van der Waals surface area (Å²) in [5, 5.41) is 3.08. The molecule has 0 spiro atoms. The summed E-state index contributed by atoms with van der Waals surface area (Å²) in [5.41, 5.74) is 0.197. The zero-order valence-corrected chi connectivity index (χ0v) is 22.7. The van der Waals surface area contributed by atoms with Crippen molar-refractivity contribution in [3.63, 3.8) is 0 Å². The lowest BCUT2D eigenvalue weighted by Gasteiger charge is -2.39. The van der Waals surface area contributed by atoms with E-state index in [-0.39, 0.29) is 23.9 Å². The van der Waals surface area contributed by atoms with Crippen LogP contribution in [0.3, 0.4) is 0 Å². The molecule has 0 unspecified atom stereocenters. The Morgan fingerprint density at radius 1 is 1.22 bits per heavy atom. The zero-order valence-electron chi connectivity index (χ0n) is 22.7. The summed E-state index contributed by atoms with van der Waals surface area (Å²) in [6.07, 6.45) is 2.07. The standard InChI is InChI=1S/C27H41N3O6/c1-8-13-34-14-12-30-21-16-20(18(2)15-22(21)35-27(6,7)24(30)32)23(31)28-19-10-9-11-29(17-19)25(33)36-26(3,4)5/h15-16,19H,8-14,17H2,1-7H3,(H,28,31)/t19-/m1/s1. The summed E-state index contributed by atoms with van der Waals surface area (Å²) in [4.78, 5) is 42.3. The molecule has 1 N–H and O–H groups in total. The molecule has 200 valence electrons. The molecule has 2 aliphatic heterocycles. The van der Waals surface area contributed by atoms with Gasteiger partial charge in [-0.1, -0.05) is 6.92 Å². The van der Waals surface area contributed by atoms with Gasteiger partial charge in [-0.15, -0.1) is 0 Å². The maximum atomic E-state index is 13.3. The Kier molecular flexibility index (Phi) is 8.54. The van der Waals surface area contributed by atoms with Gasteiger partial charge in [0, 0.05) is 37.8 Å². The van der Waals surface area contributed by atoms with Crippen LogP contribution in [0.15, 0.2) is 12.1 Å². The molecular formula is C27H41N3O6. The number of carbonyl (C=O) groups is 3. The van der Waals surface area contributed by atoms with Gasteiger partial charge in [0.05, 0.1) is 12.3 Å². The van der Waals surface area contributed by atoms with Crippen LogP contribution in [0.25, 0.3) is 0 Å². The molecule has 0 aromatic heterocycles. The number of amides is 3. The molecule has 1 aromatic rings. The summed E-state index contributed by atoms with van der Waals surface area (Å²) < 4.78 is 17.1. The molecule has 2 aliphatic rings. The fraction of sp³-hybridized carbons (Fsp3) is 0.667. The van der Waals surface area contributed by atoms with Gasteiger partial charge in [-0.25, -0.2) is 4.79 Å². The van der Waals surface area contributed by atoms with E-state index in [1.54, 1.807) is 29.7 Å². The molecular weight excluding hydrogens is 462 g/mol. The van der Waals surface area contributed by atoms with Crippen molar-refractivity contribution in [1.82, 2.24) is 10.2 Å². The molecule has 3 rings (SSSR count). The highest BCUT2D eigenvalue weighted by atomic mass is 16.6. The van der Waals surface area contributed by atoms with Crippen LogP contribution in [0.5, 0.6) is 5.75 Å². The van der Waals surface area contributed by atoms with Crippen LogP contribution in [0, 0.1) is 6.92 Å². The lowest BCUT2D eigenvalue weighted by atomic mass is 9.99. The van der Waals surface area contributed by atoms with Crippen molar-refractivity contribution in [3.8, 4) is 5.75 Å². The Morgan fingerprint density at radius 2 is 1.94 bits per heavy atom. The van der Waals surface area contributed by atoms with Gasteiger partial charge in [0.15, 0.2) is 5.60 Å². The molecule has 0 bridgehead atoms. The molecule has 9 nitrogen and oxygen atoms in total. The number of ether oxygens (including phenoxy) is 3. The van der Waals surface area contributed by atoms with E-state index in [1.165, 1.54) is 0 Å². The van der Waals surface area contributed by atoms with Crippen LogP contribution in [-0.2, 0) is 14.3 Å². The average Bonchev–Trinajstić information content (AvgIpc) is 2.77. The van der Waals surface area contributed by atoms with Gasteiger partial charge in [0.1, 0.15) is 11.4 Å². The lowest BCUT2D eigenvalue weighted by molar-refractivity contribution is -0.132. The number of aryl methyl sites for hydroxylation is 1. The van der Waals surface area contributed by atoms with Crippen LogP contribution in [0.2, 0.25) is 0 Å². The van der Waals surface area contributed by atoms with Crippen molar-refractivity contribution >= 4 is 23.6 Å². The van der Waals surface area contributed by atoms with Gasteiger partial charge in [0.25, 0.3) is 11.8 Å². The van der Waals surface area contributed by atoms with Crippen molar-refractivity contribution in [1.29, 1.82) is 0 Å². The van der Waals surface area contributed by atoms with Gasteiger partial charge < -0.3 is 29.3 Å². The Morgan fingerprint density at radius 3 is 2.61 bits per heavy atom. The summed E-state index contributed by atoms with van der Waals surface area (Å²) in [7, 11) is 0. The first kappa shape index (κ1) is 27.8. The van der Waals surface area contributed by atoms with Crippen molar-refractivity contribution in [2.24, 2.45) is 0 Å². The van der Waals surface area contributed by atoms with E-state index in [9.17, 15) is 14.4 Å². The highest BCUT2D eigenvalue weighted by molar-refractivity contribution is 6.05. The number of rotatable bonds is 7. The molecule has 0 radical (unpaired) electrons. The minimum Gasteiger partial charge on any atom is -0.476 e. The number of fused-ring (bicyclic) bond motifs is 1. The minimum absolute atomic E-state index is 0.175. The van der Waals surface area contributed by atoms with Crippen LogP contribution in [0.1, 0.15) is 76.7 Å². The van der Waals surface area contributed by atoms with E-state index in [0.29, 0.717) is 49.8 Å². The number of nitrogens with zero attached hydrogens (tertiary/aromatic N) is 2. The highest BCUT2D eigenvalue weighted by Crippen LogP contribution is 2.39. The van der Waals surface area contributed by atoms with Gasteiger partial charge >= 0.3 is 6.09 Å². The number of carbonyl (C=O) groups excluding carboxylic acids is 3. The van der Waals surface area contributed by atoms with E-state index >= 15 is 0 Å². The second-order valence-electron chi connectivity index (χ2n) is 11.1. The Bertz CT molecular complexity index is 984. The summed E-state index contributed by atoms with van der Waals surface area (Å²) in [6, 6.07) is 3.35. The van der Waals surface area contributed by atoms with Crippen molar-refractivity contribution in [2.45, 2.75) is 85.0 Å². The minimum atomic E-state index is -1.01. The first-order chi connectivity index (χ1) is 16.8. The average molecular weight is 504 g/mol. The Labute approximate surface area is 214 Å². The molecule has 1 fully saturated rings. The second kappa shape index (κ2) is 11.1. The predicted molar refractivity (Wildman–Crippen MR) is 138 cm³/mol. The highest BCUT2D eigenvalue weighted by Gasteiger charge is 2.41. The molecule has 0 saturated carbocycles. The van der Waals surface area contributed by atoms with Crippen molar-refractivity contribution in [2.75, 3.05) is 37.7 Å². The van der Waals surface area contributed by atoms with Crippen molar-refractivity contribution in [3.05, 3.63) is 23.3 Å². The monoisotopic (exact) mass is 503 g/mol. The number of hydrogen-bond acceptors (Lipinski definition) is 6. The third kappa shape index (κ3) is 6.69. The van der Waals surface area contributed by atoms with E-state index < -0.39 is 11.2 Å². The van der Waals surface area contributed by atoms with Crippen LogP contribution in [-0.4, -0.2) is 72.9 Å². The number of likely N-dealkylation sites (tertiary alicyclic amines) is 1. The number of nitrogens with one attached hydrogen (secondary N) is 1.